The van der Waals surface area contributed by atoms with Gasteiger partial charge >= 0.3 is 0 Å². The van der Waals surface area contributed by atoms with Crippen LogP contribution in [0.1, 0.15) is 24.3 Å². The molecule has 0 amide bonds. The lowest BCUT2D eigenvalue weighted by Crippen LogP contribution is -2.05. The summed E-state index contributed by atoms with van der Waals surface area (Å²) in [5.41, 5.74) is 0.197. The first-order valence-electron chi connectivity index (χ1n) is 4.62. The monoisotopic (exact) mass is 196 g/mol. The van der Waals surface area contributed by atoms with Crippen LogP contribution >= 0.6 is 0 Å². The van der Waals surface area contributed by atoms with Crippen LogP contribution in [0.3, 0.4) is 0 Å². The maximum absolute atomic E-state index is 13.3. The van der Waals surface area contributed by atoms with Crippen molar-refractivity contribution in [1.82, 2.24) is 0 Å². The molecule has 0 spiro atoms. The van der Waals surface area contributed by atoms with Crippen LogP contribution in [-0.2, 0) is 4.79 Å². The number of carbonyl (C=O) groups excluding carboxylic acids is 1. The second-order valence-corrected chi connectivity index (χ2v) is 3.67. The summed E-state index contributed by atoms with van der Waals surface area (Å²) in [5.74, 6) is -1.24. The summed E-state index contributed by atoms with van der Waals surface area (Å²) in [7, 11) is 0. The zero-order valence-corrected chi connectivity index (χ0v) is 7.54. The highest BCUT2D eigenvalue weighted by molar-refractivity contribution is 5.63. The van der Waals surface area contributed by atoms with Gasteiger partial charge in [0.15, 0.2) is 0 Å². The molecule has 1 aliphatic carbocycles. The van der Waals surface area contributed by atoms with Crippen LogP contribution in [0.25, 0.3) is 0 Å². The van der Waals surface area contributed by atoms with Crippen molar-refractivity contribution in [2.75, 3.05) is 0 Å². The van der Waals surface area contributed by atoms with Crippen molar-refractivity contribution in [3.05, 3.63) is 35.4 Å². The summed E-state index contributed by atoms with van der Waals surface area (Å²) in [6.07, 6.45) is 2.58. The molecule has 1 atom stereocenters. The predicted octanol–water partition coefficient (Wildman–Crippen LogP) is 2.66. The lowest BCUT2D eigenvalue weighted by Gasteiger charge is -2.09. The fraction of sp³-hybridized carbons (Fsp3) is 0.364. The fourth-order valence-corrected chi connectivity index (χ4v) is 1.66. The summed E-state index contributed by atoms with van der Waals surface area (Å²) in [5, 5.41) is 0. The lowest BCUT2D eigenvalue weighted by atomic mass is 9.95. The van der Waals surface area contributed by atoms with Gasteiger partial charge < -0.3 is 4.79 Å². The molecule has 1 unspecified atom stereocenters. The Morgan fingerprint density at radius 1 is 1.36 bits per heavy atom. The Morgan fingerprint density at radius 3 is 2.64 bits per heavy atom. The highest BCUT2D eigenvalue weighted by Crippen LogP contribution is 2.42. The Labute approximate surface area is 80.7 Å². The molecule has 1 fully saturated rings. The summed E-state index contributed by atoms with van der Waals surface area (Å²) in [6.45, 7) is 0. The van der Waals surface area contributed by atoms with E-state index >= 15 is 0 Å². The van der Waals surface area contributed by atoms with E-state index in [4.69, 9.17) is 0 Å². The first-order valence-corrected chi connectivity index (χ1v) is 4.62. The molecule has 0 radical (unpaired) electrons. The first kappa shape index (κ1) is 9.31. The molecule has 0 saturated heterocycles. The molecule has 0 bridgehead atoms. The van der Waals surface area contributed by atoms with E-state index in [9.17, 15) is 13.6 Å². The lowest BCUT2D eigenvalue weighted by molar-refractivity contribution is -0.109. The molecule has 14 heavy (non-hydrogen) atoms. The standard InChI is InChI=1S/C11H10F2O/c12-8-3-4-11(13)9(5-8)10(6-14)7-1-2-7/h3-7,10H,1-2H2. The van der Waals surface area contributed by atoms with Gasteiger partial charge in [-0.2, -0.15) is 0 Å². The van der Waals surface area contributed by atoms with Gasteiger partial charge in [-0.25, -0.2) is 8.78 Å². The molecule has 1 aromatic carbocycles. The molecule has 0 N–H and O–H groups in total. The number of hydrogen-bond acceptors (Lipinski definition) is 1. The largest absolute Gasteiger partial charge is 0.303 e. The zero-order valence-electron chi connectivity index (χ0n) is 7.54. The number of hydrogen-bond donors (Lipinski definition) is 0. The highest BCUT2D eigenvalue weighted by Gasteiger charge is 2.33. The van der Waals surface area contributed by atoms with E-state index in [1.165, 1.54) is 0 Å². The first-order chi connectivity index (χ1) is 6.72. The Balaban J connectivity index is 2.36. The Kier molecular flexibility index (Phi) is 2.32. The Hall–Kier alpha value is -1.25. The van der Waals surface area contributed by atoms with E-state index < -0.39 is 17.6 Å². The van der Waals surface area contributed by atoms with E-state index in [0.29, 0.717) is 0 Å². The number of halogens is 2. The smallest absolute Gasteiger partial charge is 0.127 e. The topological polar surface area (TPSA) is 17.1 Å². The van der Waals surface area contributed by atoms with Crippen molar-refractivity contribution in [3.8, 4) is 0 Å². The summed E-state index contributed by atoms with van der Waals surface area (Å²) in [6, 6.07) is 3.25. The maximum Gasteiger partial charge on any atom is 0.127 e. The van der Waals surface area contributed by atoms with Gasteiger partial charge in [-0.05, 0) is 37.0 Å². The minimum absolute atomic E-state index is 0.197. The van der Waals surface area contributed by atoms with Crippen LogP contribution in [0.5, 0.6) is 0 Å². The van der Waals surface area contributed by atoms with Crippen LogP contribution in [0, 0.1) is 17.6 Å². The molecule has 0 heterocycles. The van der Waals surface area contributed by atoms with Crippen LogP contribution in [0.2, 0.25) is 0 Å². The number of carbonyl (C=O) groups is 1. The molecule has 2 rings (SSSR count). The van der Waals surface area contributed by atoms with E-state index in [1.54, 1.807) is 0 Å². The molecule has 74 valence electrons. The van der Waals surface area contributed by atoms with Gasteiger partial charge in [0.25, 0.3) is 0 Å². The third-order valence-corrected chi connectivity index (χ3v) is 2.59. The van der Waals surface area contributed by atoms with Crippen molar-refractivity contribution in [2.24, 2.45) is 5.92 Å². The average Bonchev–Trinajstić information content (AvgIpc) is 2.96. The van der Waals surface area contributed by atoms with Gasteiger partial charge in [-0.3, -0.25) is 0 Å². The van der Waals surface area contributed by atoms with E-state index in [-0.39, 0.29) is 11.5 Å². The number of rotatable bonds is 3. The zero-order chi connectivity index (χ0) is 10.1. The summed E-state index contributed by atoms with van der Waals surface area (Å²) >= 11 is 0. The van der Waals surface area contributed by atoms with Gasteiger partial charge in [0, 0.05) is 11.5 Å². The predicted molar refractivity (Wildman–Crippen MR) is 47.9 cm³/mol. The van der Waals surface area contributed by atoms with Gasteiger partial charge in [0.05, 0.1) is 0 Å². The second kappa shape index (κ2) is 3.48. The quantitative estimate of drug-likeness (QED) is 0.679. The van der Waals surface area contributed by atoms with Crippen LogP contribution in [0.15, 0.2) is 18.2 Å². The van der Waals surface area contributed by atoms with Crippen molar-refractivity contribution in [3.63, 3.8) is 0 Å². The second-order valence-electron chi connectivity index (χ2n) is 3.67. The van der Waals surface area contributed by atoms with E-state index in [2.05, 4.69) is 0 Å². The van der Waals surface area contributed by atoms with Crippen LogP contribution in [0.4, 0.5) is 8.78 Å². The molecule has 1 saturated carbocycles. The Morgan fingerprint density at radius 2 is 2.07 bits per heavy atom. The third-order valence-electron chi connectivity index (χ3n) is 2.59. The maximum atomic E-state index is 13.3. The fourth-order valence-electron chi connectivity index (χ4n) is 1.66. The minimum Gasteiger partial charge on any atom is -0.303 e. The van der Waals surface area contributed by atoms with Gasteiger partial charge in [-0.1, -0.05) is 0 Å². The highest BCUT2D eigenvalue weighted by atomic mass is 19.1. The van der Waals surface area contributed by atoms with Crippen molar-refractivity contribution in [2.45, 2.75) is 18.8 Å². The van der Waals surface area contributed by atoms with Gasteiger partial charge in [0.2, 0.25) is 0 Å². The molecular formula is C11H10F2O. The van der Waals surface area contributed by atoms with Crippen molar-refractivity contribution in [1.29, 1.82) is 0 Å². The molecular weight excluding hydrogens is 186 g/mol. The van der Waals surface area contributed by atoms with Crippen molar-refractivity contribution < 1.29 is 13.6 Å². The number of benzene rings is 1. The minimum atomic E-state index is -0.492. The summed E-state index contributed by atoms with van der Waals surface area (Å²) in [4.78, 5) is 10.8. The van der Waals surface area contributed by atoms with Crippen molar-refractivity contribution >= 4 is 6.29 Å². The van der Waals surface area contributed by atoms with Crippen LogP contribution in [-0.4, -0.2) is 6.29 Å². The normalized spacial score (nSPS) is 17.9. The Bertz CT molecular complexity index is 358. The summed E-state index contributed by atoms with van der Waals surface area (Å²) < 4.78 is 26.1. The molecule has 0 aliphatic heterocycles. The number of aldehydes is 1. The van der Waals surface area contributed by atoms with E-state index in [1.807, 2.05) is 0 Å². The molecule has 1 nitrogen and oxygen atoms in total. The molecule has 1 aromatic rings. The average molecular weight is 196 g/mol. The van der Waals surface area contributed by atoms with E-state index in [0.717, 1.165) is 37.3 Å². The molecule has 3 heteroatoms. The third kappa shape index (κ3) is 1.67. The van der Waals surface area contributed by atoms with Crippen LogP contribution < -0.4 is 0 Å². The SMILES string of the molecule is O=CC(c1cc(F)ccc1F)C1CC1. The van der Waals surface area contributed by atoms with Gasteiger partial charge in [-0.15, -0.1) is 0 Å². The van der Waals surface area contributed by atoms with Gasteiger partial charge in [0.1, 0.15) is 17.9 Å². The molecule has 0 aromatic heterocycles. The molecule has 1 aliphatic rings.